The molecule has 1 fully saturated rings. The normalized spacial score (nSPS) is 21.2. The van der Waals surface area contributed by atoms with Crippen LogP contribution in [0, 0.1) is 0 Å². The molecule has 0 radical (unpaired) electrons. The van der Waals surface area contributed by atoms with Crippen LogP contribution in [0.25, 0.3) is 0 Å². The van der Waals surface area contributed by atoms with Gasteiger partial charge in [0.1, 0.15) is 5.60 Å². The minimum atomic E-state index is -0.449. The molecule has 0 aromatic carbocycles. The van der Waals surface area contributed by atoms with Crippen LogP contribution in [0.4, 0.5) is 4.79 Å². The molecule has 1 saturated heterocycles. The van der Waals surface area contributed by atoms with Gasteiger partial charge in [0.15, 0.2) is 0 Å². The van der Waals surface area contributed by atoms with Crippen LogP contribution in [0.5, 0.6) is 0 Å². The molecule has 21 heavy (non-hydrogen) atoms. The maximum atomic E-state index is 12.3. The van der Waals surface area contributed by atoms with Gasteiger partial charge in [0.05, 0.1) is 0 Å². The molecule has 0 saturated carbocycles. The number of amides is 1. The lowest BCUT2D eigenvalue weighted by Gasteiger charge is -2.37. The average Bonchev–Trinajstić information content (AvgIpc) is 2.42. The van der Waals surface area contributed by atoms with Crippen molar-refractivity contribution in [3.63, 3.8) is 0 Å². The van der Waals surface area contributed by atoms with Crippen molar-refractivity contribution in [2.24, 2.45) is 0 Å². The highest BCUT2D eigenvalue weighted by atomic mass is 16.6. The fraction of sp³-hybridized carbons (Fsp3) is 0.938. The van der Waals surface area contributed by atoms with Crippen LogP contribution in [0.3, 0.4) is 0 Å². The lowest BCUT2D eigenvalue weighted by molar-refractivity contribution is 0.00954. The highest BCUT2D eigenvalue weighted by Gasteiger charge is 2.30. The summed E-state index contributed by atoms with van der Waals surface area (Å²) in [6.45, 7) is 9.56. The van der Waals surface area contributed by atoms with Crippen LogP contribution < -0.4 is 5.32 Å². The van der Waals surface area contributed by atoms with E-state index in [1.54, 1.807) is 0 Å². The molecule has 0 aromatic rings. The number of aliphatic hydroxyl groups excluding tert-OH is 1. The van der Waals surface area contributed by atoms with Crippen LogP contribution >= 0.6 is 0 Å². The van der Waals surface area contributed by atoms with Gasteiger partial charge in [-0.2, -0.15) is 0 Å². The Bertz CT molecular complexity index is 315. The molecule has 1 rings (SSSR count). The molecule has 2 unspecified atom stereocenters. The van der Waals surface area contributed by atoms with E-state index in [-0.39, 0.29) is 18.7 Å². The fourth-order valence-corrected chi connectivity index (χ4v) is 2.68. The smallest absolute Gasteiger partial charge is 0.410 e. The van der Waals surface area contributed by atoms with Crippen molar-refractivity contribution < 1.29 is 14.6 Å². The molecule has 1 aliphatic heterocycles. The van der Waals surface area contributed by atoms with Gasteiger partial charge < -0.3 is 20.1 Å². The minimum absolute atomic E-state index is 0.196. The SMILES string of the molecule is CCC(CCO)NCC1CCCCN1C(=O)OC(C)(C)C. The largest absolute Gasteiger partial charge is 0.444 e. The third kappa shape index (κ3) is 6.66. The van der Waals surface area contributed by atoms with Crippen LogP contribution in [-0.4, -0.2) is 53.5 Å². The molecule has 0 bridgehead atoms. The van der Waals surface area contributed by atoms with Crippen molar-refractivity contribution in [1.82, 2.24) is 10.2 Å². The second-order valence-electron chi connectivity index (χ2n) is 6.85. The molecule has 5 heteroatoms. The molecule has 0 aromatic heterocycles. The molecule has 5 nitrogen and oxygen atoms in total. The zero-order valence-corrected chi connectivity index (χ0v) is 14.0. The second-order valence-corrected chi connectivity index (χ2v) is 6.85. The Hall–Kier alpha value is -0.810. The van der Waals surface area contributed by atoms with Crippen molar-refractivity contribution in [2.75, 3.05) is 19.7 Å². The third-order valence-corrected chi connectivity index (χ3v) is 3.87. The van der Waals surface area contributed by atoms with Crippen molar-refractivity contribution in [3.05, 3.63) is 0 Å². The monoisotopic (exact) mass is 300 g/mol. The summed E-state index contributed by atoms with van der Waals surface area (Å²) < 4.78 is 5.51. The van der Waals surface area contributed by atoms with Gasteiger partial charge >= 0.3 is 6.09 Å². The van der Waals surface area contributed by atoms with Crippen molar-refractivity contribution in [2.45, 2.75) is 77.5 Å². The minimum Gasteiger partial charge on any atom is -0.444 e. The Balaban J connectivity index is 2.54. The van der Waals surface area contributed by atoms with E-state index in [1.807, 2.05) is 25.7 Å². The lowest BCUT2D eigenvalue weighted by Crippen LogP contribution is -2.51. The first-order chi connectivity index (χ1) is 9.87. The van der Waals surface area contributed by atoms with E-state index in [0.717, 1.165) is 45.2 Å². The predicted octanol–water partition coefficient (Wildman–Crippen LogP) is 2.53. The highest BCUT2D eigenvalue weighted by Crippen LogP contribution is 2.20. The molecular formula is C16H32N2O3. The predicted molar refractivity (Wildman–Crippen MR) is 84.4 cm³/mol. The van der Waals surface area contributed by atoms with Gasteiger partial charge in [-0.1, -0.05) is 6.92 Å². The topological polar surface area (TPSA) is 61.8 Å². The Morgan fingerprint density at radius 1 is 1.43 bits per heavy atom. The highest BCUT2D eigenvalue weighted by molar-refractivity contribution is 5.68. The summed E-state index contributed by atoms with van der Waals surface area (Å²) >= 11 is 0. The summed E-state index contributed by atoms with van der Waals surface area (Å²) in [5.74, 6) is 0. The number of carbonyl (C=O) groups excluding carboxylic acids is 1. The molecule has 2 N–H and O–H groups in total. The number of hydrogen-bond acceptors (Lipinski definition) is 4. The van der Waals surface area contributed by atoms with E-state index in [4.69, 9.17) is 9.84 Å². The Labute approximate surface area is 129 Å². The first-order valence-corrected chi connectivity index (χ1v) is 8.21. The van der Waals surface area contributed by atoms with E-state index in [0.29, 0.717) is 6.04 Å². The zero-order valence-electron chi connectivity index (χ0n) is 14.0. The molecule has 0 aliphatic carbocycles. The van der Waals surface area contributed by atoms with Gasteiger partial charge in [0.25, 0.3) is 0 Å². The average molecular weight is 300 g/mol. The molecule has 1 aliphatic rings. The summed E-state index contributed by atoms with van der Waals surface area (Å²) in [7, 11) is 0. The van der Waals surface area contributed by atoms with E-state index < -0.39 is 5.60 Å². The number of ether oxygens (including phenoxy) is 1. The molecular weight excluding hydrogens is 268 g/mol. The number of likely N-dealkylation sites (tertiary alicyclic amines) is 1. The summed E-state index contributed by atoms with van der Waals surface area (Å²) in [5.41, 5.74) is -0.449. The van der Waals surface area contributed by atoms with Gasteiger partial charge in [0.2, 0.25) is 0 Å². The summed E-state index contributed by atoms with van der Waals surface area (Å²) in [6.07, 6.45) is 4.76. The van der Waals surface area contributed by atoms with E-state index in [1.165, 1.54) is 0 Å². The first-order valence-electron chi connectivity index (χ1n) is 8.21. The maximum absolute atomic E-state index is 12.3. The number of rotatable bonds is 6. The van der Waals surface area contributed by atoms with Crippen molar-refractivity contribution >= 4 is 6.09 Å². The van der Waals surface area contributed by atoms with Gasteiger partial charge in [-0.05, 0) is 52.9 Å². The molecule has 124 valence electrons. The Morgan fingerprint density at radius 2 is 2.14 bits per heavy atom. The van der Waals surface area contributed by atoms with E-state index >= 15 is 0 Å². The van der Waals surface area contributed by atoms with Crippen LogP contribution in [0.2, 0.25) is 0 Å². The lowest BCUT2D eigenvalue weighted by atomic mass is 10.0. The van der Waals surface area contributed by atoms with Crippen LogP contribution in [0.1, 0.15) is 59.8 Å². The molecule has 2 atom stereocenters. The van der Waals surface area contributed by atoms with Crippen LogP contribution in [0.15, 0.2) is 0 Å². The molecule has 1 heterocycles. The summed E-state index contributed by atoms with van der Waals surface area (Å²) in [4.78, 5) is 14.2. The number of nitrogens with zero attached hydrogens (tertiary/aromatic N) is 1. The summed E-state index contributed by atoms with van der Waals surface area (Å²) in [6, 6.07) is 0.513. The Kier molecular flexibility index (Phi) is 7.46. The zero-order chi connectivity index (χ0) is 15.9. The standard InChI is InChI=1S/C16H32N2O3/c1-5-13(9-11-19)17-12-14-8-6-7-10-18(14)15(20)21-16(2,3)4/h13-14,17,19H,5-12H2,1-4H3. The number of hydrogen-bond donors (Lipinski definition) is 2. The van der Waals surface area contributed by atoms with Gasteiger partial charge in [-0.25, -0.2) is 4.79 Å². The first kappa shape index (κ1) is 18.2. The molecule has 0 spiro atoms. The van der Waals surface area contributed by atoms with Crippen LogP contribution in [-0.2, 0) is 4.74 Å². The molecule has 1 amide bonds. The van der Waals surface area contributed by atoms with Gasteiger partial charge in [-0.15, -0.1) is 0 Å². The quantitative estimate of drug-likeness (QED) is 0.791. The second kappa shape index (κ2) is 8.59. The summed E-state index contributed by atoms with van der Waals surface area (Å²) in [5, 5.41) is 12.5. The Morgan fingerprint density at radius 3 is 2.71 bits per heavy atom. The van der Waals surface area contributed by atoms with Crippen molar-refractivity contribution in [1.29, 1.82) is 0 Å². The van der Waals surface area contributed by atoms with E-state index in [2.05, 4.69) is 12.2 Å². The van der Waals surface area contributed by atoms with Gasteiger partial charge in [0, 0.05) is 31.8 Å². The third-order valence-electron chi connectivity index (χ3n) is 3.87. The number of piperidine rings is 1. The number of aliphatic hydroxyl groups is 1. The fourth-order valence-electron chi connectivity index (χ4n) is 2.68. The number of carbonyl (C=O) groups is 1. The van der Waals surface area contributed by atoms with Gasteiger partial charge in [-0.3, -0.25) is 0 Å². The number of nitrogens with one attached hydrogen (secondary N) is 1. The van der Waals surface area contributed by atoms with Crippen molar-refractivity contribution in [3.8, 4) is 0 Å². The maximum Gasteiger partial charge on any atom is 0.410 e. The van der Waals surface area contributed by atoms with E-state index in [9.17, 15) is 4.79 Å².